The molecule has 0 bridgehead atoms. The Morgan fingerprint density at radius 3 is 1.55 bits per heavy atom. The van der Waals surface area contributed by atoms with Crippen molar-refractivity contribution in [2.24, 2.45) is 0 Å². The molecule has 4 heteroatoms. The van der Waals surface area contributed by atoms with Gasteiger partial charge in [-0.2, -0.15) is 0 Å². The minimum atomic E-state index is 0.703. The summed E-state index contributed by atoms with van der Waals surface area (Å²) in [6, 6.07) is 69.8. The van der Waals surface area contributed by atoms with Gasteiger partial charge >= 0.3 is 0 Å². The molecule has 262 valence electrons. The molecule has 0 amide bonds. The molecule has 0 N–H and O–H groups in total. The third-order valence-electron chi connectivity index (χ3n) is 10.7. The molecular weight excluding hydrogens is 717 g/mol. The summed E-state index contributed by atoms with van der Waals surface area (Å²) < 4.78 is 5.20. The largest absolute Gasteiger partial charge is 0.228 e. The van der Waals surface area contributed by atoms with Crippen molar-refractivity contribution in [2.45, 2.75) is 0 Å². The maximum atomic E-state index is 5.31. The topological polar surface area (TPSA) is 25.8 Å². The highest BCUT2D eigenvalue weighted by atomic mass is 32.1. The fraction of sp³-hybridized carbons (Fsp3) is 0. The van der Waals surface area contributed by atoms with Crippen LogP contribution in [0.3, 0.4) is 0 Å². The third kappa shape index (κ3) is 5.79. The molecule has 0 radical (unpaired) electrons. The number of aromatic nitrogens is 2. The lowest BCUT2D eigenvalue weighted by atomic mass is 9.91. The highest BCUT2D eigenvalue weighted by molar-refractivity contribution is 7.26. The molecular formula is C52H32N2S2. The molecule has 0 aliphatic carbocycles. The predicted molar refractivity (Wildman–Crippen MR) is 240 cm³/mol. The van der Waals surface area contributed by atoms with Crippen LogP contribution in [-0.4, -0.2) is 9.97 Å². The van der Waals surface area contributed by atoms with Crippen LogP contribution in [0.5, 0.6) is 0 Å². The van der Waals surface area contributed by atoms with Crippen LogP contribution in [0.2, 0.25) is 0 Å². The Morgan fingerprint density at radius 2 is 0.786 bits per heavy atom. The number of thiophene rings is 2. The van der Waals surface area contributed by atoms with Gasteiger partial charge in [-0.15, -0.1) is 22.7 Å². The fourth-order valence-corrected chi connectivity index (χ4v) is 10.1. The van der Waals surface area contributed by atoms with Gasteiger partial charge in [0, 0.05) is 57.0 Å². The molecule has 3 heterocycles. The maximum Gasteiger partial charge on any atom is 0.160 e. The van der Waals surface area contributed by atoms with Crippen LogP contribution in [0.1, 0.15) is 0 Å². The van der Waals surface area contributed by atoms with E-state index in [1.165, 1.54) is 62.6 Å². The Kier molecular flexibility index (Phi) is 7.90. The number of hydrogen-bond acceptors (Lipinski definition) is 4. The van der Waals surface area contributed by atoms with E-state index in [2.05, 4.69) is 176 Å². The quantitative estimate of drug-likeness (QED) is 0.169. The summed E-state index contributed by atoms with van der Waals surface area (Å²) in [5.41, 5.74) is 11.9. The van der Waals surface area contributed by atoms with E-state index in [0.29, 0.717) is 5.82 Å². The number of fused-ring (bicyclic) bond motifs is 6. The molecule has 0 atom stereocenters. The van der Waals surface area contributed by atoms with Crippen molar-refractivity contribution in [3.63, 3.8) is 0 Å². The lowest BCUT2D eigenvalue weighted by Gasteiger charge is -2.15. The van der Waals surface area contributed by atoms with Crippen LogP contribution in [0.4, 0.5) is 0 Å². The number of hydrogen-bond donors (Lipinski definition) is 0. The summed E-state index contributed by atoms with van der Waals surface area (Å²) in [4.78, 5) is 10.5. The average Bonchev–Trinajstić information content (AvgIpc) is 3.84. The minimum Gasteiger partial charge on any atom is -0.228 e. The molecule has 0 fully saturated rings. The highest BCUT2D eigenvalue weighted by Gasteiger charge is 2.17. The molecule has 11 rings (SSSR count). The minimum absolute atomic E-state index is 0.703. The standard InChI is InChI=1S/C52H32N2S2/c1-3-11-33(12-4-1)34-19-21-35(22-20-34)46-32-47(54-52(53-46)36-13-5-2-6-14-36)40-26-23-37(38-24-27-43-41-15-7-9-17-48(41)56-51(43)31-38)29-44(40)39-25-28-50-45(30-39)42-16-8-10-18-49(42)55-50/h1-32H. The molecule has 8 aromatic carbocycles. The Hall–Kier alpha value is -6.72. The van der Waals surface area contributed by atoms with Crippen LogP contribution in [0, 0.1) is 0 Å². The van der Waals surface area contributed by atoms with E-state index in [1.807, 2.05) is 40.9 Å². The number of nitrogens with zero attached hydrogens (tertiary/aromatic N) is 2. The summed E-state index contributed by atoms with van der Waals surface area (Å²) in [5, 5.41) is 5.18. The van der Waals surface area contributed by atoms with E-state index in [-0.39, 0.29) is 0 Å². The fourth-order valence-electron chi connectivity index (χ4n) is 7.90. The van der Waals surface area contributed by atoms with E-state index in [9.17, 15) is 0 Å². The van der Waals surface area contributed by atoms with Gasteiger partial charge in [-0.3, -0.25) is 0 Å². The summed E-state index contributed by atoms with van der Waals surface area (Å²) in [6.07, 6.45) is 0. The van der Waals surface area contributed by atoms with Crippen LogP contribution >= 0.6 is 22.7 Å². The van der Waals surface area contributed by atoms with Crippen molar-refractivity contribution in [3.05, 3.63) is 194 Å². The first-order valence-corrected chi connectivity index (χ1v) is 20.4. The summed E-state index contributed by atoms with van der Waals surface area (Å²) >= 11 is 3.71. The summed E-state index contributed by atoms with van der Waals surface area (Å²) in [5.74, 6) is 0.703. The maximum absolute atomic E-state index is 5.31. The lowest BCUT2D eigenvalue weighted by Crippen LogP contribution is -1.97. The molecule has 11 aromatic rings. The van der Waals surface area contributed by atoms with Crippen molar-refractivity contribution in [2.75, 3.05) is 0 Å². The predicted octanol–water partition coefficient (Wildman–Crippen LogP) is 15.2. The molecule has 0 saturated heterocycles. The number of benzene rings is 8. The van der Waals surface area contributed by atoms with Gasteiger partial charge < -0.3 is 0 Å². The van der Waals surface area contributed by atoms with E-state index in [1.54, 1.807) is 0 Å². The highest BCUT2D eigenvalue weighted by Crippen LogP contribution is 2.42. The second kappa shape index (κ2) is 13.5. The second-order valence-electron chi connectivity index (χ2n) is 14.2. The normalized spacial score (nSPS) is 11.6. The molecule has 56 heavy (non-hydrogen) atoms. The zero-order chi connectivity index (χ0) is 37.0. The second-order valence-corrected chi connectivity index (χ2v) is 16.3. The number of rotatable bonds is 6. The van der Waals surface area contributed by atoms with Crippen molar-refractivity contribution >= 4 is 63.0 Å². The van der Waals surface area contributed by atoms with Gasteiger partial charge in [-0.05, 0) is 75.8 Å². The first-order chi connectivity index (χ1) is 27.7. The molecule has 0 aliphatic rings. The zero-order valence-electron chi connectivity index (χ0n) is 30.2. The van der Waals surface area contributed by atoms with Gasteiger partial charge in [0.15, 0.2) is 5.82 Å². The van der Waals surface area contributed by atoms with Crippen molar-refractivity contribution in [3.8, 4) is 67.3 Å². The Bertz CT molecular complexity index is 3230. The molecule has 0 aliphatic heterocycles. The monoisotopic (exact) mass is 748 g/mol. The SMILES string of the molecule is c1ccc(-c2ccc(-c3cc(-c4ccc(-c5ccc6c(c5)sc5ccccc56)cc4-c4ccc5sc6ccccc6c5c4)nc(-c4ccccc4)n3)cc2)cc1. The van der Waals surface area contributed by atoms with Gasteiger partial charge in [0.2, 0.25) is 0 Å². The molecule has 0 unspecified atom stereocenters. The zero-order valence-corrected chi connectivity index (χ0v) is 31.8. The van der Waals surface area contributed by atoms with E-state index in [4.69, 9.17) is 9.97 Å². The summed E-state index contributed by atoms with van der Waals surface area (Å²) in [6.45, 7) is 0. The Balaban J connectivity index is 1.11. The van der Waals surface area contributed by atoms with E-state index in [0.717, 1.165) is 39.2 Å². The van der Waals surface area contributed by atoms with E-state index >= 15 is 0 Å². The van der Waals surface area contributed by atoms with Gasteiger partial charge in [-0.1, -0.05) is 152 Å². The van der Waals surface area contributed by atoms with Crippen molar-refractivity contribution in [1.82, 2.24) is 9.97 Å². The van der Waals surface area contributed by atoms with Crippen LogP contribution in [0.15, 0.2) is 194 Å². The van der Waals surface area contributed by atoms with Gasteiger partial charge in [-0.25, -0.2) is 9.97 Å². The smallest absolute Gasteiger partial charge is 0.160 e. The molecule has 3 aromatic heterocycles. The van der Waals surface area contributed by atoms with Crippen LogP contribution in [-0.2, 0) is 0 Å². The molecule has 2 nitrogen and oxygen atoms in total. The van der Waals surface area contributed by atoms with Gasteiger partial charge in [0.1, 0.15) is 0 Å². The van der Waals surface area contributed by atoms with Crippen LogP contribution in [0.25, 0.3) is 108 Å². The van der Waals surface area contributed by atoms with Crippen molar-refractivity contribution < 1.29 is 0 Å². The lowest BCUT2D eigenvalue weighted by molar-refractivity contribution is 1.18. The van der Waals surface area contributed by atoms with Gasteiger partial charge in [0.25, 0.3) is 0 Å². The Morgan fingerprint density at radius 1 is 0.268 bits per heavy atom. The first kappa shape index (κ1) is 32.7. The summed E-state index contributed by atoms with van der Waals surface area (Å²) in [7, 11) is 0. The molecule has 0 saturated carbocycles. The third-order valence-corrected chi connectivity index (χ3v) is 13.0. The Labute approximate surface area is 332 Å². The molecule has 0 spiro atoms. The first-order valence-electron chi connectivity index (χ1n) is 18.8. The van der Waals surface area contributed by atoms with Crippen molar-refractivity contribution in [1.29, 1.82) is 0 Å². The van der Waals surface area contributed by atoms with E-state index < -0.39 is 0 Å². The average molecular weight is 749 g/mol. The van der Waals surface area contributed by atoms with Crippen LogP contribution < -0.4 is 0 Å². The van der Waals surface area contributed by atoms with Gasteiger partial charge in [0.05, 0.1) is 11.4 Å².